The summed E-state index contributed by atoms with van der Waals surface area (Å²) in [5, 5.41) is 10.4. The summed E-state index contributed by atoms with van der Waals surface area (Å²) >= 11 is 12.2. The van der Waals surface area contributed by atoms with Crippen LogP contribution < -0.4 is 5.11 Å². The summed E-state index contributed by atoms with van der Waals surface area (Å²) in [5.74, 6) is -1.28. The highest BCUT2D eigenvalue weighted by Gasteiger charge is 2.12. The van der Waals surface area contributed by atoms with E-state index in [9.17, 15) is 9.90 Å². The predicted molar refractivity (Wildman–Crippen MR) is 43.4 cm³/mol. The van der Waals surface area contributed by atoms with Gasteiger partial charge in [-0.05, 0) is 12.5 Å². The van der Waals surface area contributed by atoms with Crippen LogP contribution in [0.25, 0.3) is 0 Å². The Morgan fingerprint density at radius 1 is 1.45 bits per heavy atom. The molecule has 0 N–H and O–H groups in total. The number of thiophene rings is 1. The Balaban J connectivity index is 3.34. The molecule has 0 unspecified atom stereocenters. The molecule has 1 rings (SSSR count). The molecule has 11 heavy (non-hydrogen) atoms. The summed E-state index contributed by atoms with van der Waals surface area (Å²) in [5.41, 5.74) is 0.475. The Morgan fingerprint density at radius 3 is 2.18 bits per heavy atom. The lowest BCUT2D eigenvalue weighted by molar-refractivity contribution is -0.255. The van der Waals surface area contributed by atoms with E-state index in [1.54, 1.807) is 6.92 Å². The number of hydrogen-bond donors (Lipinski definition) is 0. The van der Waals surface area contributed by atoms with Crippen molar-refractivity contribution in [3.63, 3.8) is 0 Å². The molecule has 0 saturated carbocycles. The molecule has 60 valence electrons. The molecule has 0 aliphatic rings. The molecular weight excluding hydrogens is 207 g/mol. The highest BCUT2D eigenvalue weighted by Crippen LogP contribution is 2.35. The molecule has 0 saturated heterocycles. The van der Waals surface area contributed by atoms with Crippen molar-refractivity contribution in [3.05, 3.63) is 19.8 Å². The zero-order chi connectivity index (χ0) is 8.59. The zero-order valence-electron chi connectivity index (χ0n) is 5.48. The van der Waals surface area contributed by atoms with E-state index in [0.29, 0.717) is 9.90 Å². The smallest absolute Gasteiger partial charge is 0.104 e. The summed E-state index contributed by atoms with van der Waals surface area (Å²) in [6, 6.07) is 0. The summed E-state index contributed by atoms with van der Waals surface area (Å²) in [6.45, 7) is 1.59. The van der Waals surface area contributed by atoms with Crippen LogP contribution in [0.5, 0.6) is 0 Å². The second kappa shape index (κ2) is 3.01. The fourth-order valence-electron chi connectivity index (χ4n) is 0.685. The van der Waals surface area contributed by atoms with Gasteiger partial charge in [-0.15, -0.1) is 11.3 Å². The standard InChI is InChI=1S/C6H4Cl2O2S/c1-2-3(6(9)10)5(8)11-4(2)7/h1H3,(H,9,10)/p-1. The average Bonchev–Trinajstić information content (AvgIpc) is 2.07. The highest BCUT2D eigenvalue weighted by atomic mass is 35.5. The van der Waals surface area contributed by atoms with Gasteiger partial charge in [-0.2, -0.15) is 0 Å². The van der Waals surface area contributed by atoms with Crippen molar-refractivity contribution < 1.29 is 9.90 Å². The van der Waals surface area contributed by atoms with E-state index in [1.165, 1.54) is 0 Å². The van der Waals surface area contributed by atoms with Crippen LogP contribution in [0.15, 0.2) is 0 Å². The topological polar surface area (TPSA) is 40.1 Å². The second-order valence-electron chi connectivity index (χ2n) is 1.94. The molecule has 0 aromatic carbocycles. The molecule has 0 aliphatic carbocycles. The first-order chi connectivity index (χ1) is 5.04. The van der Waals surface area contributed by atoms with E-state index in [1.807, 2.05) is 0 Å². The third-order valence-electron chi connectivity index (χ3n) is 1.25. The summed E-state index contributed by atoms with van der Waals surface area (Å²) in [6.07, 6.45) is 0. The number of halogens is 2. The fraction of sp³-hybridized carbons (Fsp3) is 0.167. The van der Waals surface area contributed by atoms with E-state index >= 15 is 0 Å². The van der Waals surface area contributed by atoms with Crippen LogP contribution in [0.3, 0.4) is 0 Å². The summed E-state index contributed by atoms with van der Waals surface area (Å²) < 4.78 is 0.571. The van der Waals surface area contributed by atoms with E-state index in [4.69, 9.17) is 23.2 Å². The van der Waals surface area contributed by atoms with Crippen molar-refractivity contribution in [2.75, 3.05) is 0 Å². The molecule has 0 atom stereocenters. The third kappa shape index (κ3) is 1.50. The predicted octanol–water partition coefficient (Wildman–Crippen LogP) is 1.73. The van der Waals surface area contributed by atoms with Gasteiger partial charge in [0.15, 0.2) is 0 Å². The minimum atomic E-state index is -1.28. The van der Waals surface area contributed by atoms with E-state index in [2.05, 4.69) is 0 Å². The summed E-state index contributed by atoms with van der Waals surface area (Å²) in [7, 11) is 0. The Bertz CT molecular complexity index is 306. The molecule has 0 radical (unpaired) electrons. The van der Waals surface area contributed by atoms with Crippen molar-refractivity contribution in [2.45, 2.75) is 6.92 Å². The molecule has 5 heteroatoms. The lowest BCUT2D eigenvalue weighted by Gasteiger charge is -2.00. The Labute approximate surface area is 77.4 Å². The van der Waals surface area contributed by atoms with Gasteiger partial charge in [0.25, 0.3) is 0 Å². The van der Waals surface area contributed by atoms with Crippen molar-refractivity contribution >= 4 is 40.5 Å². The fourth-order valence-corrected chi connectivity index (χ4v) is 2.33. The molecular formula is C6H3Cl2O2S-. The van der Waals surface area contributed by atoms with Crippen LogP contribution >= 0.6 is 34.5 Å². The van der Waals surface area contributed by atoms with Gasteiger partial charge >= 0.3 is 0 Å². The number of carboxylic acid groups (broad SMARTS) is 1. The first kappa shape index (κ1) is 8.84. The van der Waals surface area contributed by atoms with Crippen LogP contribution in [0.4, 0.5) is 0 Å². The van der Waals surface area contributed by atoms with Crippen molar-refractivity contribution in [1.29, 1.82) is 0 Å². The van der Waals surface area contributed by atoms with Crippen molar-refractivity contribution in [3.8, 4) is 0 Å². The monoisotopic (exact) mass is 209 g/mol. The van der Waals surface area contributed by atoms with Gasteiger partial charge in [0.1, 0.15) is 4.34 Å². The lowest BCUT2D eigenvalue weighted by atomic mass is 10.2. The quantitative estimate of drug-likeness (QED) is 0.707. The molecule has 0 amide bonds. The zero-order valence-corrected chi connectivity index (χ0v) is 7.81. The molecule has 1 heterocycles. The van der Waals surface area contributed by atoms with Gasteiger partial charge in [0, 0.05) is 5.56 Å². The van der Waals surface area contributed by atoms with Gasteiger partial charge in [-0.1, -0.05) is 23.2 Å². The molecule has 1 aromatic heterocycles. The largest absolute Gasteiger partial charge is 0.545 e. The van der Waals surface area contributed by atoms with E-state index in [-0.39, 0.29) is 9.90 Å². The first-order valence-corrected chi connectivity index (χ1v) is 4.27. The number of rotatable bonds is 1. The first-order valence-electron chi connectivity index (χ1n) is 2.69. The molecule has 2 nitrogen and oxygen atoms in total. The van der Waals surface area contributed by atoms with Gasteiger partial charge in [-0.3, -0.25) is 0 Å². The average molecular weight is 210 g/mol. The number of hydrogen-bond acceptors (Lipinski definition) is 3. The maximum atomic E-state index is 10.4. The highest BCUT2D eigenvalue weighted by molar-refractivity contribution is 7.20. The maximum Gasteiger partial charge on any atom is 0.104 e. The van der Waals surface area contributed by atoms with Crippen molar-refractivity contribution in [2.24, 2.45) is 0 Å². The SMILES string of the molecule is Cc1c(Cl)sc(Cl)c1C(=O)[O-]. The number of aromatic carboxylic acids is 1. The third-order valence-corrected chi connectivity index (χ3v) is 3.05. The normalized spacial score (nSPS) is 10.1. The van der Waals surface area contributed by atoms with Crippen LogP contribution in [-0.2, 0) is 0 Å². The van der Waals surface area contributed by atoms with Crippen LogP contribution in [0, 0.1) is 6.92 Å². The summed E-state index contributed by atoms with van der Waals surface area (Å²) in [4.78, 5) is 10.4. The lowest BCUT2D eigenvalue weighted by Crippen LogP contribution is -2.22. The Morgan fingerprint density at radius 2 is 2.00 bits per heavy atom. The minimum absolute atomic E-state index is 0.00154. The maximum absolute atomic E-state index is 10.4. The molecule has 0 spiro atoms. The number of carbonyl (C=O) groups excluding carboxylic acids is 1. The van der Waals surface area contributed by atoms with Crippen LogP contribution in [0.2, 0.25) is 8.67 Å². The van der Waals surface area contributed by atoms with E-state index < -0.39 is 5.97 Å². The second-order valence-corrected chi connectivity index (χ2v) is 4.16. The molecule has 1 aromatic rings. The van der Waals surface area contributed by atoms with Crippen LogP contribution in [-0.4, -0.2) is 5.97 Å². The Kier molecular flexibility index (Phi) is 2.42. The number of carbonyl (C=O) groups is 1. The van der Waals surface area contributed by atoms with Gasteiger partial charge < -0.3 is 9.90 Å². The number of carboxylic acids is 1. The van der Waals surface area contributed by atoms with E-state index in [0.717, 1.165) is 11.3 Å². The molecule has 0 fully saturated rings. The van der Waals surface area contributed by atoms with Gasteiger partial charge in [0.05, 0.1) is 10.3 Å². The Hall–Kier alpha value is -0.250. The van der Waals surface area contributed by atoms with Gasteiger partial charge in [0.2, 0.25) is 0 Å². The van der Waals surface area contributed by atoms with Crippen molar-refractivity contribution in [1.82, 2.24) is 0 Å². The molecule has 0 bridgehead atoms. The molecule has 0 aliphatic heterocycles. The minimum Gasteiger partial charge on any atom is -0.545 e. The van der Waals surface area contributed by atoms with Gasteiger partial charge in [-0.25, -0.2) is 0 Å². The van der Waals surface area contributed by atoms with Crippen LogP contribution in [0.1, 0.15) is 15.9 Å².